The van der Waals surface area contributed by atoms with Crippen LogP contribution in [0.15, 0.2) is 16.0 Å². The SMILES string of the molecule is CC.O=C(O)CNC(=O)c1ncc2sc(Br)cc2c1O. The van der Waals surface area contributed by atoms with Gasteiger partial charge in [0.05, 0.1) is 8.49 Å². The number of carbonyl (C=O) groups is 2. The standard InChI is InChI=1S/C10H7BrN2O4S.C2H6/c11-6-1-4-5(18-6)2-12-8(9(4)16)10(17)13-3-7(14)15;1-2/h1-2,16H,3H2,(H,13,17)(H,14,15);1-2H3. The van der Waals surface area contributed by atoms with E-state index in [2.05, 4.69) is 26.2 Å². The fraction of sp³-hybridized carbons (Fsp3) is 0.250. The number of carbonyl (C=O) groups excluding carboxylic acids is 1. The molecule has 2 aromatic heterocycles. The molecule has 0 atom stereocenters. The van der Waals surface area contributed by atoms with Crippen LogP contribution in [0.2, 0.25) is 0 Å². The molecular formula is C12H13BrN2O4S. The number of nitrogens with one attached hydrogen (secondary N) is 1. The molecule has 0 saturated heterocycles. The highest BCUT2D eigenvalue weighted by molar-refractivity contribution is 9.11. The van der Waals surface area contributed by atoms with Crippen LogP contribution in [0.3, 0.4) is 0 Å². The predicted octanol–water partition coefficient (Wildman–Crippen LogP) is 2.61. The van der Waals surface area contributed by atoms with E-state index in [1.165, 1.54) is 17.5 Å². The Morgan fingerprint density at radius 2 is 2.10 bits per heavy atom. The quantitative estimate of drug-likeness (QED) is 0.780. The zero-order valence-electron chi connectivity index (χ0n) is 10.8. The predicted molar refractivity (Wildman–Crippen MR) is 80.3 cm³/mol. The second-order valence-corrected chi connectivity index (χ2v) is 5.82. The molecule has 0 aliphatic heterocycles. The normalized spacial score (nSPS) is 9.75. The Hall–Kier alpha value is -1.67. The van der Waals surface area contributed by atoms with Crippen LogP contribution in [-0.4, -0.2) is 33.6 Å². The van der Waals surface area contributed by atoms with Gasteiger partial charge in [-0.3, -0.25) is 9.59 Å². The van der Waals surface area contributed by atoms with Gasteiger partial charge in [-0.25, -0.2) is 4.98 Å². The van der Waals surface area contributed by atoms with Crippen molar-refractivity contribution in [1.82, 2.24) is 10.3 Å². The number of thiophene rings is 1. The highest BCUT2D eigenvalue weighted by Crippen LogP contribution is 2.35. The molecule has 1 amide bonds. The number of aliphatic carboxylic acids is 1. The first-order valence-electron chi connectivity index (χ1n) is 5.76. The van der Waals surface area contributed by atoms with E-state index >= 15 is 0 Å². The monoisotopic (exact) mass is 360 g/mol. The summed E-state index contributed by atoms with van der Waals surface area (Å²) >= 11 is 4.64. The second-order valence-electron chi connectivity index (χ2n) is 3.36. The molecule has 8 heteroatoms. The molecule has 0 aliphatic carbocycles. The number of rotatable bonds is 3. The van der Waals surface area contributed by atoms with Crippen molar-refractivity contribution in [2.75, 3.05) is 6.54 Å². The Morgan fingerprint density at radius 3 is 2.70 bits per heavy atom. The van der Waals surface area contributed by atoms with Gasteiger partial charge in [-0.05, 0) is 22.0 Å². The molecule has 2 heterocycles. The molecule has 0 unspecified atom stereocenters. The average Bonchev–Trinajstić information content (AvgIpc) is 2.80. The first-order valence-corrected chi connectivity index (χ1v) is 7.37. The van der Waals surface area contributed by atoms with Crippen molar-refractivity contribution in [2.45, 2.75) is 13.8 Å². The lowest BCUT2D eigenvalue weighted by molar-refractivity contribution is -0.135. The van der Waals surface area contributed by atoms with Gasteiger partial charge in [0.2, 0.25) is 0 Å². The smallest absolute Gasteiger partial charge is 0.322 e. The third-order valence-corrected chi connectivity index (χ3v) is 3.71. The number of amides is 1. The van der Waals surface area contributed by atoms with Crippen molar-refractivity contribution in [2.24, 2.45) is 0 Å². The first-order chi connectivity index (χ1) is 9.49. The summed E-state index contributed by atoms with van der Waals surface area (Å²) in [6, 6.07) is 1.67. The number of pyridine rings is 1. The summed E-state index contributed by atoms with van der Waals surface area (Å²) < 4.78 is 1.53. The Balaban J connectivity index is 0.000000956. The fourth-order valence-corrected chi connectivity index (χ4v) is 2.88. The summed E-state index contributed by atoms with van der Waals surface area (Å²) in [6.07, 6.45) is 1.46. The number of carboxylic acids is 1. The van der Waals surface area contributed by atoms with E-state index < -0.39 is 18.4 Å². The minimum absolute atomic E-state index is 0.186. The maximum atomic E-state index is 11.6. The van der Waals surface area contributed by atoms with Crippen molar-refractivity contribution in [3.8, 4) is 5.75 Å². The Labute approximate surface area is 127 Å². The van der Waals surface area contributed by atoms with Gasteiger partial charge in [0, 0.05) is 11.6 Å². The molecule has 6 nitrogen and oxygen atoms in total. The molecule has 2 aromatic rings. The number of hydrogen-bond acceptors (Lipinski definition) is 5. The van der Waals surface area contributed by atoms with Crippen molar-refractivity contribution >= 4 is 49.2 Å². The number of fused-ring (bicyclic) bond motifs is 1. The van der Waals surface area contributed by atoms with Gasteiger partial charge >= 0.3 is 5.97 Å². The molecular weight excluding hydrogens is 348 g/mol. The van der Waals surface area contributed by atoms with Crippen LogP contribution >= 0.6 is 27.3 Å². The second kappa shape index (κ2) is 7.20. The van der Waals surface area contributed by atoms with Crippen LogP contribution in [0, 0.1) is 0 Å². The number of halogens is 1. The minimum atomic E-state index is -1.16. The summed E-state index contributed by atoms with van der Waals surface area (Å²) in [4.78, 5) is 25.8. The molecule has 0 aliphatic rings. The van der Waals surface area contributed by atoms with Crippen molar-refractivity contribution in [3.05, 3.63) is 21.7 Å². The largest absolute Gasteiger partial charge is 0.505 e. The number of aromatic nitrogens is 1. The van der Waals surface area contributed by atoms with Crippen LogP contribution in [0.4, 0.5) is 0 Å². The van der Waals surface area contributed by atoms with Crippen molar-refractivity contribution in [1.29, 1.82) is 0 Å². The summed E-state index contributed by atoms with van der Waals surface area (Å²) in [7, 11) is 0. The number of aromatic hydroxyl groups is 1. The average molecular weight is 361 g/mol. The molecule has 0 radical (unpaired) electrons. The Morgan fingerprint density at radius 1 is 1.45 bits per heavy atom. The van der Waals surface area contributed by atoms with Crippen molar-refractivity contribution < 1.29 is 19.8 Å². The molecule has 20 heavy (non-hydrogen) atoms. The summed E-state index contributed by atoms with van der Waals surface area (Å²) in [5.41, 5.74) is -0.186. The van der Waals surface area contributed by atoms with Crippen LogP contribution in [-0.2, 0) is 4.79 Å². The topological polar surface area (TPSA) is 99.5 Å². The minimum Gasteiger partial charge on any atom is -0.505 e. The molecule has 0 spiro atoms. The number of nitrogens with zero attached hydrogens (tertiary/aromatic N) is 1. The third-order valence-electron chi connectivity index (χ3n) is 2.14. The molecule has 0 saturated carbocycles. The van der Waals surface area contributed by atoms with E-state index in [1.807, 2.05) is 13.8 Å². The van der Waals surface area contributed by atoms with E-state index in [0.717, 1.165) is 8.49 Å². The molecule has 0 fully saturated rings. The first kappa shape index (κ1) is 16.4. The van der Waals surface area contributed by atoms with Gasteiger partial charge in [-0.2, -0.15) is 0 Å². The highest BCUT2D eigenvalue weighted by Gasteiger charge is 2.17. The van der Waals surface area contributed by atoms with Crippen LogP contribution in [0.5, 0.6) is 5.75 Å². The molecule has 2 rings (SSSR count). The molecule has 3 N–H and O–H groups in total. The lowest BCUT2D eigenvalue weighted by Crippen LogP contribution is -2.29. The summed E-state index contributed by atoms with van der Waals surface area (Å²) in [6.45, 7) is 3.48. The molecule has 0 bridgehead atoms. The maximum absolute atomic E-state index is 11.6. The van der Waals surface area contributed by atoms with E-state index in [1.54, 1.807) is 6.07 Å². The highest BCUT2D eigenvalue weighted by atomic mass is 79.9. The molecule has 0 aromatic carbocycles. The van der Waals surface area contributed by atoms with Crippen LogP contribution < -0.4 is 5.32 Å². The van der Waals surface area contributed by atoms with Gasteiger partial charge in [0.15, 0.2) is 11.4 Å². The van der Waals surface area contributed by atoms with Gasteiger partial charge in [-0.1, -0.05) is 13.8 Å². The zero-order valence-corrected chi connectivity index (χ0v) is 13.2. The van der Waals surface area contributed by atoms with E-state index in [9.17, 15) is 14.7 Å². The summed E-state index contributed by atoms with van der Waals surface area (Å²) in [5, 5.41) is 21.0. The lowest BCUT2D eigenvalue weighted by atomic mass is 10.2. The van der Waals surface area contributed by atoms with Crippen molar-refractivity contribution in [3.63, 3.8) is 0 Å². The van der Waals surface area contributed by atoms with Gasteiger partial charge in [0.1, 0.15) is 6.54 Å². The van der Waals surface area contributed by atoms with E-state index in [4.69, 9.17) is 5.11 Å². The van der Waals surface area contributed by atoms with E-state index in [0.29, 0.717) is 5.39 Å². The fourth-order valence-electron chi connectivity index (χ4n) is 1.37. The Kier molecular flexibility index (Phi) is 5.90. The lowest BCUT2D eigenvalue weighted by Gasteiger charge is -2.04. The number of carboxylic acid groups (broad SMARTS) is 1. The van der Waals surface area contributed by atoms with Crippen LogP contribution in [0.25, 0.3) is 10.1 Å². The Bertz CT molecular complexity index is 642. The zero-order chi connectivity index (χ0) is 15.3. The van der Waals surface area contributed by atoms with Gasteiger partial charge in [0.25, 0.3) is 5.91 Å². The summed E-state index contributed by atoms with van der Waals surface area (Å²) in [5.74, 6) is -2.14. The maximum Gasteiger partial charge on any atom is 0.322 e. The van der Waals surface area contributed by atoms with E-state index in [-0.39, 0.29) is 11.4 Å². The van der Waals surface area contributed by atoms with Gasteiger partial charge in [-0.15, -0.1) is 11.3 Å². The number of hydrogen-bond donors (Lipinski definition) is 3. The van der Waals surface area contributed by atoms with Crippen LogP contribution in [0.1, 0.15) is 24.3 Å². The third kappa shape index (κ3) is 3.67. The van der Waals surface area contributed by atoms with Gasteiger partial charge < -0.3 is 15.5 Å². The molecule has 108 valence electrons.